The van der Waals surface area contributed by atoms with Crippen molar-refractivity contribution in [3.05, 3.63) is 53.9 Å². The van der Waals surface area contributed by atoms with Crippen LogP contribution in [-0.4, -0.2) is 67.1 Å². The highest BCUT2D eigenvalue weighted by Crippen LogP contribution is 2.24. The number of hydrogen-bond donors (Lipinski definition) is 1. The van der Waals surface area contributed by atoms with Crippen molar-refractivity contribution in [1.82, 2.24) is 20.0 Å². The Bertz CT molecular complexity index is 987. The van der Waals surface area contributed by atoms with Crippen LogP contribution in [0.1, 0.15) is 16.2 Å². The molecule has 1 saturated heterocycles. The molecule has 0 saturated carbocycles. The average Bonchev–Trinajstić information content (AvgIpc) is 3.41. The van der Waals surface area contributed by atoms with Crippen LogP contribution < -0.4 is 10.1 Å². The summed E-state index contributed by atoms with van der Waals surface area (Å²) >= 11 is 0. The fourth-order valence-electron chi connectivity index (χ4n) is 3.40. The number of nitrogens with zero attached hydrogens (tertiary/aromatic N) is 3. The second-order valence-electron chi connectivity index (χ2n) is 7.14. The van der Waals surface area contributed by atoms with Crippen molar-refractivity contribution in [2.45, 2.75) is 6.92 Å². The monoisotopic (exact) mass is 410 g/mol. The first kappa shape index (κ1) is 20.2. The van der Waals surface area contributed by atoms with E-state index in [0.717, 1.165) is 50.0 Å². The molecule has 30 heavy (non-hydrogen) atoms. The van der Waals surface area contributed by atoms with Crippen LogP contribution in [0.15, 0.2) is 46.9 Å². The maximum atomic E-state index is 13.0. The molecule has 1 fully saturated rings. The molecule has 1 aromatic carbocycles. The van der Waals surface area contributed by atoms with Gasteiger partial charge in [-0.3, -0.25) is 9.69 Å². The topological polar surface area (TPSA) is 81.8 Å². The van der Waals surface area contributed by atoms with Crippen LogP contribution >= 0.6 is 0 Å². The predicted octanol–water partition coefficient (Wildman–Crippen LogP) is 2.51. The number of morpholine rings is 1. The Labute approximate surface area is 175 Å². The lowest BCUT2D eigenvalue weighted by atomic mass is 10.2. The van der Waals surface area contributed by atoms with Crippen molar-refractivity contribution >= 4 is 5.91 Å². The fraction of sp³-hybridized carbons (Fsp3) is 0.364. The second kappa shape index (κ2) is 9.15. The Balaban J connectivity index is 1.55. The third kappa shape index (κ3) is 4.55. The molecule has 2 aromatic heterocycles. The SMILES string of the molecule is COc1ccc(-n2nc(-c3ccc(C)o3)cc2C(=O)NCCN2CCOCC2)cc1. The number of carbonyl (C=O) groups is 1. The molecular formula is C22H26N4O4. The Morgan fingerprint density at radius 3 is 2.60 bits per heavy atom. The van der Waals surface area contributed by atoms with E-state index in [4.69, 9.17) is 13.9 Å². The highest BCUT2D eigenvalue weighted by molar-refractivity contribution is 5.94. The molecule has 0 aliphatic carbocycles. The number of furan rings is 1. The van der Waals surface area contributed by atoms with E-state index in [1.807, 2.05) is 43.3 Å². The first-order valence-corrected chi connectivity index (χ1v) is 10.0. The van der Waals surface area contributed by atoms with Crippen LogP contribution in [0.25, 0.3) is 17.1 Å². The van der Waals surface area contributed by atoms with E-state index in [1.54, 1.807) is 17.9 Å². The summed E-state index contributed by atoms with van der Waals surface area (Å²) in [6.07, 6.45) is 0. The molecule has 8 nitrogen and oxygen atoms in total. The quantitative estimate of drug-likeness (QED) is 0.645. The van der Waals surface area contributed by atoms with Crippen LogP contribution in [-0.2, 0) is 4.74 Å². The van der Waals surface area contributed by atoms with Crippen LogP contribution in [0.2, 0.25) is 0 Å². The standard InChI is InChI=1S/C22H26N4O4/c1-16-3-8-21(30-16)19-15-20(22(27)23-9-10-25-11-13-29-14-12-25)26(24-19)17-4-6-18(28-2)7-5-17/h3-8,15H,9-14H2,1-2H3,(H,23,27). The van der Waals surface area contributed by atoms with Gasteiger partial charge < -0.3 is 19.2 Å². The van der Waals surface area contributed by atoms with Crippen molar-refractivity contribution in [2.75, 3.05) is 46.5 Å². The van der Waals surface area contributed by atoms with E-state index in [2.05, 4.69) is 15.3 Å². The number of amides is 1. The number of methoxy groups -OCH3 is 1. The van der Waals surface area contributed by atoms with Gasteiger partial charge in [0.15, 0.2) is 5.76 Å². The van der Waals surface area contributed by atoms with Crippen LogP contribution in [0.5, 0.6) is 5.75 Å². The summed E-state index contributed by atoms with van der Waals surface area (Å²) < 4.78 is 17.9. The minimum absolute atomic E-state index is 0.180. The lowest BCUT2D eigenvalue weighted by Crippen LogP contribution is -2.41. The van der Waals surface area contributed by atoms with Gasteiger partial charge in [0.05, 0.1) is 26.0 Å². The first-order chi connectivity index (χ1) is 14.6. The van der Waals surface area contributed by atoms with E-state index in [9.17, 15) is 4.79 Å². The van der Waals surface area contributed by atoms with Gasteiger partial charge in [-0.25, -0.2) is 4.68 Å². The van der Waals surface area contributed by atoms with Crippen molar-refractivity contribution in [3.63, 3.8) is 0 Å². The van der Waals surface area contributed by atoms with Gasteiger partial charge in [-0.1, -0.05) is 0 Å². The number of hydrogen-bond acceptors (Lipinski definition) is 6. The Kier molecular flexibility index (Phi) is 6.15. The van der Waals surface area contributed by atoms with Gasteiger partial charge in [0, 0.05) is 32.2 Å². The molecular weight excluding hydrogens is 384 g/mol. The Morgan fingerprint density at radius 1 is 1.17 bits per heavy atom. The molecule has 0 radical (unpaired) electrons. The van der Waals surface area contributed by atoms with Gasteiger partial charge in [0.2, 0.25) is 0 Å². The number of ether oxygens (including phenoxy) is 2. The first-order valence-electron chi connectivity index (χ1n) is 10.0. The molecule has 1 aliphatic heterocycles. The number of aryl methyl sites for hydroxylation is 1. The number of aromatic nitrogens is 2. The molecule has 0 bridgehead atoms. The summed E-state index contributed by atoms with van der Waals surface area (Å²) in [5.74, 6) is 1.98. The molecule has 1 aliphatic rings. The van der Waals surface area contributed by atoms with Crippen molar-refractivity contribution in [1.29, 1.82) is 0 Å². The summed E-state index contributed by atoms with van der Waals surface area (Å²) in [5, 5.41) is 7.64. The van der Waals surface area contributed by atoms with Crippen LogP contribution in [0, 0.1) is 6.92 Å². The highest BCUT2D eigenvalue weighted by Gasteiger charge is 2.19. The third-order valence-corrected chi connectivity index (χ3v) is 5.07. The molecule has 3 aromatic rings. The lowest BCUT2D eigenvalue weighted by molar-refractivity contribution is 0.0383. The summed E-state index contributed by atoms with van der Waals surface area (Å²) in [7, 11) is 1.62. The highest BCUT2D eigenvalue weighted by atomic mass is 16.5. The third-order valence-electron chi connectivity index (χ3n) is 5.07. The lowest BCUT2D eigenvalue weighted by Gasteiger charge is -2.26. The summed E-state index contributed by atoms with van der Waals surface area (Å²) in [6.45, 7) is 6.48. The van der Waals surface area contributed by atoms with E-state index in [-0.39, 0.29) is 5.91 Å². The molecule has 1 N–H and O–H groups in total. The minimum Gasteiger partial charge on any atom is -0.497 e. The predicted molar refractivity (Wildman–Crippen MR) is 112 cm³/mol. The van der Waals surface area contributed by atoms with E-state index in [0.29, 0.717) is 23.7 Å². The summed E-state index contributed by atoms with van der Waals surface area (Å²) in [4.78, 5) is 15.3. The molecule has 0 spiro atoms. The zero-order valence-electron chi connectivity index (χ0n) is 17.3. The molecule has 158 valence electrons. The second-order valence-corrected chi connectivity index (χ2v) is 7.14. The minimum atomic E-state index is -0.180. The number of benzene rings is 1. The van der Waals surface area contributed by atoms with Gasteiger partial charge in [-0.05, 0) is 43.3 Å². The number of rotatable bonds is 7. The Morgan fingerprint density at radius 2 is 1.93 bits per heavy atom. The summed E-state index contributed by atoms with van der Waals surface area (Å²) in [5.41, 5.74) is 1.83. The van der Waals surface area contributed by atoms with E-state index < -0.39 is 0 Å². The van der Waals surface area contributed by atoms with E-state index in [1.165, 1.54) is 0 Å². The van der Waals surface area contributed by atoms with Gasteiger partial charge >= 0.3 is 0 Å². The van der Waals surface area contributed by atoms with Gasteiger partial charge in [0.1, 0.15) is 22.9 Å². The number of carbonyl (C=O) groups excluding carboxylic acids is 1. The van der Waals surface area contributed by atoms with Crippen molar-refractivity contribution in [3.8, 4) is 22.9 Å². The van der Waals surface area contributed by atoms with Crippen molar-refractivity contribution in [2.24, 2.45) is 0 Å². The fourth-order valence-corrected chi connectivity index (χ4v) is 3.40. The molecule has 0 atom stereocenters. The maximum Gasteiger partial charge on any atom is 0.270 e. The van der Waals surface area contributed by atoms with Crippen LogP contribution in [0.3, 0.4) is 0 Å². The molecule has 4 rings (SSSR count). The largest absolute Gasteiger partial charge is 0.497 e. The number of nitrogens with one attached hydrogen (secondary N) is 1. The van der Waals surface area contributed by atoms with Crippen molar-refractivity contribution < 1.29 is 18.7 Å². The average molecular weight is 410 g/mol. The van der Waals surface area contributed by atoms with Gasteiger partial charge in [-0.15, -0.1) is 0 Å². The van der Waals surface area contributed by atoms with Crippen LogP contribution in [0.4, 0.5) is 0 Å². The van der Waals surface area contributed by atoms with Gasteiger partial charge in [-0.2, -0.15) is 5.10 Å². The zero-order valence-corrected chi connectivity index (χ0v) is 17.3. The summed E-state index contributed by atoms with van der Waals surface area (Å²) in [6, 6.07) is 12.9. The van der Waals surface area contributed by atoms with E-state index >= 15 is 0 Å². The molecule has 3 heterocycles. The smallest absolute Gasteiger partial charge is 0.270 e. The molecule has 1 amide bonds. The van der Waals surface area contributed by atoms with Gasteiger partial charge in [0.25, 0.3) is 5.91 Å². The maximum absolute atomic E-state index is 13.0. The molecule has 8 heteroatoms. The molecule has 0 unspecified atom stereocenters. The zero-order chi connectivity index (χ0) is 20.9. The normalized spacial score (nSPS) is 14.6. The Hall–Kier alpha value is -3.10.